The third-order valence-corrected chi connectivity index (χ3v) is 2.22. The summed E-state index contributed by atoms with van der Waals surface area (Å²) in [6.07, 6.45) is 3.22. The predicted molar refractivity (Wildman–Crippen MR) is 46.7 cm³/mol. The Labute approximate surface area is 76.3 Å². The molecule has 2 rings (SSSR count). The normalized spacial score (nSPS) is 10.7. The highest BCUT2D eigenvalue weighted by molar-refractivity contribution is 9.10. The Bertz CT molecular complexity index is 398. The van der Waals surface area contributed by atoms with Crippen molar-refractivity contribution in [1.82, 2.24) is 4.98 Å². The zero-order valence-corrected chi connectivity index (χ0v) is 7.69. The van der Waals surface area contributed by atoms with Crippen molar-refractivity contribution in [2.45, 2.75) is 0 Å². The fourth-order valence-electron chi connectivity index (χ4n) is 0.873. The van der Waals surface area contributed by atoms with E-state index in [9.17, 15) is 0 Å². The van der Waals surface area contributed by atoms with Crippen LogP contribution in [0.2, 0.25) is 5.02 Å². The number of halogens is 2. The molecule has 0 bridgehead atoms. The monoisotopic (exact) mass is 231 g/mol. The van der Waals surface area contributed by atoms with Crippen LogP contribution in [0, 0.1) is 0 Å². The molecule has 0 aliphatic rings. The summed E-state index contributed by atoms with van der Waals surface area (Å²) in [5.41, 5.74) is 1.39. The van der Waals surface area contributed by atoms with Gasteiger partial charge >= 0.3 is 0 Å². The van der Waals surface area contributed by atoms with Crippen LogP contribution in [0.5, 0.6) is 0 Å². The van der Waals surface area contributed by atoms with Gasteiger partial charge in [0.25, 0.3) is 0 Å². The number of hydrogen-bond acceptors (Lipinski definition) is 2. The number of hydrogen-bond donors (Lipinski definition) is 0. The quantitative estimate of drug-likeness (QED) is 0.697. The van der Waals surface area contributed by atoms with Crippen molar-refractivity contribution in [3.05, 3.63) is 28.0 Å². The summed E-state index contributed by atoms with van der Waals surface area (Å²) in [7, 11) is 0. The Kier molecular flexibility index (Phi) is 1.62. The van der Waals surface area contributed by atoms with Gasteiger partial charge in [0.2, 0.25) is 0 Å². The minimum atomic E-state index is 0.584. The van der Waals surface area contributed by atoms with Crippen molar-refractivity contribution in [2.75, 3.05) is 0 Å². The predicted octanol–water partition coefficient (Wildman–Crippen LogP) is 3.24. The second-order valence-corrected chi connectivity index (χ2v) is 3.32. The van der Waals surface area contributed by atoms with E-state index in [0.29, 0.717) is 10.6 Å². The largest absolute Gasteiger partial charge is 0.460 e. The highest BCUT2D eigenvalue weighted by Crippen LogP contribution is 2.28. The maximum absolute atomic E-state index is 5.82. The fraction of sp³-hybridized carbons (Fsp3) is 0. The number of furan rings is 1. The molecule has 56 valence electrons. The number of aromatic nitrogens is 1. The van der Waals surface area contributed by atoms with Gasteiger partial charge in [0.1, 0.15) is 11.8 Å². The van der Waals surface area contributed by atoms with E-state index in [0.717, 1.165) is 9.99 Å². The second kappa shape index (κ2) is 2.50. The van der Waals surface area contributed by atoms with Crippen molar-refractivity contribution in [1.29, 1.82) is 0 Å². The van der Waals surface area contributed by atoms with Crippen LogP contribution in [0.1, 0.15) is 0 Å². The first-order chi connectivity index (χ1) is 5.29. The van der Waals surface area contributed by atoms with Crippen molar-refractivity contribution in [2.24, 2.45) is 0 Å². The third-order valence-electron chi connectivity index (χ3n) is 1.36. The topological polar surface area (TPSA) is 26.0 Å². The molecule has 0 fully saturated rings. The lowest BCUT2D eigenvalue weighted by atomic mass is 10.4. The SMILES string of the molecule is Clc1ccnc2c(Br)coc12. The highest BCUT2D eigenvalue weighted by Gasteiger charge is 2.06. The molecule has 0 N–H and O–H groups in total. The van der Waals surface area contributed by atoms with Crippen molar-refractivity contribution < 1.29 is 4.42 Å². The van der Waals surface area contributed by atoms with Gasteiger partial charge in [0, 0.05) is 6.20 Å². The molecule has 2 heterocycles. The summed E-state index contributed by atoms with van der Waals surface area (Å²) < 4.78 is 5.97. The van der Waals surface area contributed by atoms with Gasteiger partial charge in [-0.05, 0) is 22.0 Å². The standard InChI is InChI=1S/C7H3BrClNO/c8-4-3-11-7-5(9)1-2-10-6(4)7/h1-3H. The maximum atomic E-state index is 5.82. The smallest absolute Gasteiger partial charge is 0.172 e. The average Bonchev–Trinajstić information content (AvgIpc) is 2.35. The van der Waals surface area contributed by atoms with E-state index in [2.05, 4.69) is 20.9 Å². The lowest BCUT2D eigenvalue weighted by molar-refractivity contribution is 0.613. The Morgan fingerprint density at radius 3 is 3.09 bits per heavy atom. The number of nitrogens with zero attached hydrogens (tertiary/aromatic N) is 1. The summed E-state index contributed by atoms with van der Waals surface area (Å²) in [5, 5.41) is 0.584. The van der Waals surface area contributed by atoms with Gasteiger partial charge in [-0.15, -0.1) is 0 Å². The summed E-state index contributed by atoms with van der Waals surface area (Å²) >= 11 is 9.10. The van der Waals surface area contributed by atoms with Gasteiger partial charge in [0.15, 0.2) is 5.58 Å². The molecular formula is C7H3BrClNO. The van der Waals surface area contributed by atoms with Gasteiger partial charge in [-0.1, -0.05) is 11.6 Å². The molecule has 2 aromatic rings. The molecule has 0 aromatic carbocycles. The zero-order chi connectivity index (χ0) is 7.84. The molecule has 0 aliphatic heterocycles. The van der Waals surface area contributed by atoms with Crippen LogP contribution in [-0.2, 0) is 0 Å². The Morgan fingerprint density at radius 2 is 2.36 bits per heavy atom. The number of pyridine rings is 1. The zero-order valence-electron chi connectivity index (χ0n) is 5.34. The lowest BCUT2D eigenvalue weighted by Gasteiger charge is -1.88. The van der Waals surface area contributed by atoms with Crippen LogP contribution in [0.3, 0.4) is 0 Å². The van der Waals surface area contributed by atoms with Crippen LogP contribution in [-0.4, -0.2) is 4.98 Å². The summed E-state index contributed by atoms with van der Waals surface area (Å²) in [4.78, 5) is 4.08. The van der Waals surface area contributed by atoms with Crippen LogP contribution < -0.4 is 0 Å². The Morgan fingerprint density at radius 1 is 1.55 bits per heavy atom. The second-order valence-electron chi connectivity index (χ2n) is 2.05. The van der Waals surface area contributed by atoms with Gasteiger partial charge < -0.3 is 4.42 Å². The molecule has 0 amide bonds. The molecule has 0 spiro atoms. The number of rotatable bonds is 0. The van der Waals surface area contributed by atoms with Crippen LogP contribution in [0.25, 0.3) is 11.1 Å². The molecule has 2 aromatic heterocycles. The molecular weight excluding hydrogens is 229 g/mol. The number of fused-ring (bicyclic) bond motifs is 1. The summed E-state index contributed by atoms with van der Waals surface area (Å²) in [6, 6.07) is 1.69. The molecule has 2 nitrogen and oxygen atoms in total. The highest BCUT2D eigenvalue weighted by atomic mass is 79.9. The van der Waals surface area contributed by atoms with Crippen LogP contribution in [0.4, 0.5) is 0 Å². The van der Waals surface area contributed by atoms with Gasteiger partial charge in [-0.25, -0.2) is 0 Å². The Hall–Kier alpha value is -0.540. The van der Waals surface area contributed by atoms with E-state index < -0.39 is 0 Å². The molecule has 11 heavy (non-hydrogen) atoms. The summed E-state index contributed by atoms with van der Waals surface area (Å²) in [5.74, 6) is 0. The first-order valence-corrected chi connectivity index (χ1v) is 4.13. The van der Waals surface area contributed by atoms with E-state index in [4.69, 9.17) is 16.0 Å². The minimum Gasteiger partial charge on any atom is -0.460 e. The van der Waals surface area contributed by atoms with E-state index in [-0.39, 0.29) is 0 Å². The molecule has 0 saturated heterocycles. The molecule has 0 aliphatic carbocycles. The van der Waals surface area contributed by atoms with Gasteiger partial charge in [0.05, 0.1) is 9.50 Å². The fourth-order valence-corrected chi connectivity index (χ4v) is 1.44. The summed E-state index contributed by atoms with van der Waals surface area (Å²) in [6.45, 7) is 0. The molecule has 4 heteroatoms. The first kappa shape index (κ1) is 7.13. The van der Waals surface area contributed by atoms with Crippen molar-refractivity contribution in [3.8, 4) is 0 Å². The van der Waals surface area contributed by atoms with Crippen LogP contribution in [0.15, 0.2) is 27.4 Å². The first-order valence-electron chi connectivity index (χ1n) is 2.96. The average molecular weight is 232 g/mol. The maximum Gasteiger partial charge on any atom is 0.172 e. The Balaban J connectivity index is 2.94. The van der Waals surface area contributed by atoms with Gasteiger partial charge in [-0.3, -0.25) is 4.98 Å². The van der Waals surface area contributed by atoms with E-state index in [1.807, 2.05) is 0 Å². The molecule has 0 radical (unpaired) electrons. The van der Waals surface area contributed by atoms with Crippen molar-refractivity contribution >= 4 is 38.6 Å². The van der Waals surface area contributed by atoms with Gasteiger partial charge in [-0.2, -0.15) is 0 Å². The lowest BCUT2D eigenvalue weighted by Crippen LogP contribution is -1.72. The van der Waals surface area contributed by atoms with Crippen molar-refractivity contribution in [3.63, 3.8) is 0 Å². The molecule has 0 saturated carbocycles. The van der Waals surface area contributed by atoms with Crippen LogP contribution >= 0.6 is 27.5 Å². The van der Waals surface area contributed by atoms with E-state index >= 15 is 0 Å². The molecule has 0 unspecified atom stereocenters. The van der Waals surface area contributed by atoms with E-state index in [1.54, 1.807) is 18.5 Å². The minimum absolute atomic E-state index is 0.584. The third kappa shape index (κ3) is 1.04. The van der Waals surface area contributed by atoms with E-state index in [1.165, 1.54) is 0 Å². The molecule has 0 atom stereocenters.